The maximum absolute atomic E-state index is 14.0. The lowest BCUT2D eigenvalue weighted by atomic mass is 10.2. The van der Waals surface area contributed by atoms with Crippen LogP contribution in [0.25, 0.3) is 11.0 Å². The minimum atomic E-state index is -3.64. The first-order valence-electron chi connectivity index (χ1n) is 7.35. The molecular weight excluding hydrogens is 366 g/mol. The average Bonchev–Trinajstić information content (AvgIpc) is 2.56. The van der Waals surface area contributed by atoms with Crippen LogP contribution in [0.3, 0.4) is 0 Å². The van der Waals surface area contributed by atoms with Gasteiger partial charge in [-0.05, 0) is 18.2 Å². The van der Waals surface area contributed by atoms with Crippen LogP contribution in [0.1, 0.15) is 0 Å². The first-order chi connectivity index (χ1) is 12.1. The first-order valence-corrected chi connectivity index (χ1v) is 9.24. The van der Waals surface area contributed by atoms with Crippen LogP contribution in [-0.4, -0.2) is 36.3 Å². The van der Waals surface area contributed by atoms with Gasteiger partial charge in [0, 0.05) is 38.0 Å². The van der Waals surface area contributed by atoms with Crippen molar-refractivity contribution in [2.45, 2.75) is 5.16 Å². The first kappa shape index (κ1) is 17.9. The number of hydrogen-bond acceptors (Lipinski definition) is 6. The predicted molar refractivity (Wildman–Crippen MR) is 92.3 cm³/mol. The van der Waals surface area contributed by atoms with E-state index in [-0.39, 0.29) is 17.0 Å². The molecule has 0 radical (unpaired) electrons. The fourth-order valence-electron chi connectivity index (χ4n) is 2.52. The van der Waals surface area contributed by atoms with Gasteiger partial charge in [-0.1, -0.05) is 0 Å². The highest BCUT2D eigenvalue weighted by Gasteiger charge is 2.18. The van der Waals surface area contributed by atoms with E-state index in [0.29, 0.717) is 5.39 Å². The molecule has 2 heterocycles. The van der Waals surface area contributed by atoms with E-state index in [4.69, 9.17) is 0 Å². The number of fused-ring (bicyclic) bond motifs is 1. The van der Waals surface area contributed by atoms with E-state index >= 15 is 0 Å². The van der Waals surface area contributed by atoms with Gasteiger partial charge < -0.3 is 4.90 Å². The lowest BCUT2D eigenvalue weighted by Crippen LogP contribution is -2.26. The van der Waals surface area contributed by atoms with Crippen molar-refractivity contribution in [1.82, 2.24) is 14.5 Å². The number of sulfone groups is 1. The third-order valence-corrected chi connectivity index (χ3v) is 4.73. The number of benzene rings is 1. The summed E-state index contributed by atoms with van der Waals surface area (Å²) in [6, 6.07) is 4.45. The Morgan fingerprint density at radius 3 is 2.46 bits per heavy atom. The van der Waals surface area contributed by atoms with Gasteiger partial charge >= 0.3 is 0 Å². The van der Waals surface area contributed by atoms with Gasteiger partial charge in [-0.15, -0.1) is 0 Å². The Kier molecular flexibility index (Phi) is 4.23. The van der Waals surface area contributed by atoms with Crippen LogP contribution in [0.15, 0.2) is 40.4 Å². The van der Waals surface area contributed by atoms with Crippen LogP contribution in [0.5, 0.6) is 0 Å². The van der Waals surface area contributed by atoms with E-state index < -0.39 is 32.2 Å². The number of aromatic nitrogens is 3. The zero-order valence-corrected chi connectivity index (χ0v) is 14.9. The van der Waals surface area contributed by atoms with Crippen molar-refractivity contribution in [3.05, 3.63) is 52.5 Å². The van der Waals surface area contributed by atoms with Gasteiger partial charge in [0.1, 0.15) is 23.0 Å². The standard InChI is InChI=1S/C16H14F2N4O3S/c1-21(12-5-4-10(17)7-11(12)18)13-6-9-8-19-16(26(3,24)25)20-14(9)22(2)15(13)23/h4-8H,1-3H3. The predicted octanol–water partition coefficient (Wildman–Crippen LogP) is 1.78. The van der Waals surface area contributed by atoms with Crippen molar-refractivity contribution in [2.24, 2.45) is 7.05 Å². The van der Waals surface area contributed by atoms with Crippen molar-refractivity contribution in [2.75, 3.05) is 18.2 Å². The van der Waals surface area contributed by atoms with E-state index in [1.54, 1.807) is 0 Å². The second-order valence-electron chi connectivity index (χ2n) is 5.75. The van der Waals surface area contributed by atoms with Crippen LogP contribution < -0.4 is 10.5 Å². The van der Waals surface area contributed by atoms with Gasteiger partial charge in [-0.2, -0.15) is 4.98 Å². The molecule has 0 unspecified atom stereocenters. The minimum absolute atomic E-state index is 0.0107. The summed E-state index contributed by atoms with van der Waals surface area (Å²) in [5, 5.41) is -0.00504. The normalized spacial score (nSPS) is 11.7. The lowest BCUT2D eigenvalue weighted by molar-refractivity contribution is 0.583. The van der Waals surface area contributed by atoms with Gasteiger partial charge in [-0.25, -0.2) is 22.2 Å². The highest BCUT2D eigenvalue weighted by atomic mass is 32.2. The molecule has 0 bridgehead atoms. The number of nitrogens with zero attached hydrogens (tertiary/aromatic N) is 4. The van der Waals surface area contributed by atoms with E-state index in [2.05, 4.69) is 9.97 Å². The van der Waals surface area contributed by atoms with Crippen LogP contribution in [0.2, 0.25) is 0 Å². The number of hydrogen-bond donors (Lipinski definition) is 0. The molecule has 0 saturated heterocycles. The summed E-state index contributed by atoms with van der Waals surface area (Å²) in [7, 11) is -0.755. The molecule has 0 fully saturated rings. The van der Waals surface area contributed by atoms with Crippen LogP contribution in [0.4, 0.5) is 20.2 Å². The molecule has 3 rings (SSSR count). The Balaban J connectivity index is 2.22. The smallest absolute Gasteiger partial charge is 0.275 e. The Morgan fingerprint density at radius 1 is 1.15 bits per heavy atom. The molecule has 1 aromatic carbocycles. The van der Waals surface area contributed by atoms with Crippen molar-refractivity contribution in [3.8, 4) is 0 Å². The zero-order valence-electron chi connectivity index (χ0n) is 14.1. The summed E-state index contributed by atoms with van der Waals surface area (Å²) in [4.78, 5) is 21.7. The molecule has 0 aliphatic carbocycles. The molecule has 0 amide bonds. The van der Waals surface area contributed by atoms with Gasteiger partial charge in [0.15, 0.2) is 0 Å². The number of halogens is 2. The molecule has 3 aromatic rings. The van der Waals surface area contributed by atoms with E-state index in [1.807, 2.05) is 0 Å². The highest BCUT2D eigenvalue weighted by Crippen LogP contribution is 2.26. The largest absolute Gasteiger partial charge is 0.338 e. The minimum Gasteiger partial charge on any atom is -0.338 e. The summed E-state index contributed by atoms with van der Waals surface area (Å²) >= 11 is 0. The molecule has 0 aliphatic rings. The summed E-state index contributed by atoms with van der Waals surface area (Å²) in [5.74, 6) is -1.55. The highest BCUT2D eigenvalue weighted by molar-refractivity contribution is 7.90. The molecule has 7 nitrogen and oxygen atoms in total. The van der Waals surface area contributed by atoms with Crippen LogP contribution in [0, 0.1) is 11.6 Å². The maximum Gasteiger partial charge on any atom is 0.275 e. The number of anilines is 2. The van der Waals surface area contributed by atoms with Crippen molar-refractivity contribution < 1.29 is 17.2 Å². The maximum atomic E-state index is 14.0. The summed E-state index contributed by atoms with van der Waals surface area (Å²) < 4.78 is 51.5. The van der Waals surface area contributed by atoms with Gasteiger partial charge in [0.05, 0.1) is 5.69 Å². The quantitative estimate of drug-likeness (QED) is 0.644. The molecule has 136 valence electrons. The lowest BCUT2D eigenvalue weighted by Gasteiger charge is -2.20. The van der Waals surface area contributed by atoms with E-state index in [0.717, 1.165) is 23.0 Å². The summed E-state index contributed by atoms with van der Waals surface area (Å²) in [6.45, 7) is 0. The fourth-order valence-corrected chi connectivity index (χ4v) is 3.01. The third kappa shape index (κ3) is 3.03. The molecule has 10 heteroatoms. The monoisotopic (exact) mass is 380 g/mol. The third-order valence-electron chi connectivity index (χ3n) is 3.87. The second kappa shape index (κ2) is 6.13. The Bertz CT molecular complexity index is 1190. The number of aryl methyl sites for hydroxylation is 1. The average molecular weight is 380 g/mol. The van der Waals surface area contributed by atoms with E-state index in [1.165, 1.54) is 37.3 Å². The van der Waals surface area contributed by atoms with Crippen LogP contribution >= 0.6 is 0 Å². The number of rotatable bonds is 3. The molecule has 0 saturated carbocycles. The Morgan fingerprint density at radius 2 is 1.85 bits per heavy atom. The van der Waals surface area contributed by atoms with Crippen molar-refractivity contribution in [3.63, 3.8) is 0 Å². The topological polar surface area (TPSA) is 85.2 Å². The van der Waals surface area contributed by atoms with Gasteiger partial charge in [-0.3, -0.25) is 9.36 Å². The van der Waals surface area contributed by atoms with Gasteiger partial charge in [0.2, 0.25) is 15.0 Å². The summed E-state index contributed by atoms with van der Waals surface area (Å²) in [6.07, 6.45) is 2.24. The van der Waals surface area contributed by atoms with Crippen LogP contribution in [-0.2, 0) is 16.9 Å². The molecule has 26 heavy (non-hydrogen) atoms. The number of pyridine rings is 1. The SMILES string of the molecule is CN(c1ccc(F)cc1F)c1cc2cnc(S(C)(=O)=O)nc2n(C)c1=O. The molecular formula is C16H14F2N4O3S. The molecule has 0 aliphatic heterocycles. The molecule has 0 spiro atoms. The van der Waals surface area contributed by atoms with Gasteiger partial charge in [0.25, 0.3) is 5.56 Å². The zero-order chi connectivity index (χ0) is 19.2. The van der Waals surface area contributed by atoms with Crippen molar-refractivity contribution in [1.29, 1.82) is 0 Å². The second-order valence-corrected chi connectivity index (χ2v) is 7.66. The fraction of sp³-hybridized carbons (Fsp3) is 0.188. The molecule has 2 aromatic heterocycles. The Hall–Kier alpha value is -2.88. The van der Waals surface area contributed by atoms with Crippen molar-refractivity contribution >= 4 is 32.2 Å². The van der Waals surface area contributed by atoms with E-state index in [9.17, 15) is 22.0 Å². The molecule has 0 N–H and O–H groups in total. The molecule has 0 atom stereocenters. The Labute approximate surface area is 147 Å². The summed E-state index contributed by atoms with van der Waals surface area (Å²) in [5.41, 5.74) is -0.290.